The molecule has 62 valence electrons. The van der Waals surface area contributed by atoms with E-state index in [0.717, 1.165) is 5.69 Å². The molecule has 0 aromatic carbocycles. The van der Waals surface area contributed by atoms with E-state index < -0.39 is 0 Å². The van der Waals surface area contributed by atoms with E-state index in [1.807, 2.05) is 5.38 Å². The molecule has 2 heterocycles. The molecule has 0 radical (unpaired) electrons. The normalized spacial score (nSPS) is 10.4. The van der Waals surface area contributed by atoms with Crippen molar-refractivity contribution >= 4 is 32.4 Å². The quantitative estimate of drug-likeness (QED) is 0.837. The van der Waals surface area contributed by atoms with Crippen LogP contribution in [0.1, 0.15) is 0 Å². The van der Waals surface area contributed by atoms with Crippen molar-refractivity contribution in [2.45, 2.75) is 0 Å². The van der Waals surface area contributed by atoms with E-state index in [2.05, 4.69) is 26.1 Å². The molecule has 0 saturated carbocycles. The number of halogens is 1. The van der Waals surface area contributed by atoms with Gasteiger partial charge in [0.1, 0.15) is 10.3 Å². The second-order valence-corrected chi connectivity index (χ2v) is 3.79. The van der Waals surface area contributed by atoms with Crippen molar-refractivity contribution in [3.8, 4) is 11.5 Å². The van der Waals surface area contributed by atoms with Gasteiger partial charge in [-0.2, -0.15) is 0 Å². The van der Waals surface area contributed by atoms with Crippen LogP contribution in [0.3, 0.4) is 0 Å². The number of nitrogens with two attached hydrogens (primary N) is 1. The van der Waals surface area contributed by atoms with Crippen molar-refractivity contribution < 1.29 is 4.52 Å². The molecule has 0 aliphatic rings. The fourth-order valence-electron chi connectivity index (χ4n) is 0.775. The van der Waals surface area contributed by atoms with Crippen LogP contribution in [0.4, 0.5) is 5.13 Å². The molecule has 0 aliphatic heterocycles. The van der Waals surface area contributed by atoms with E-state index >= 15 is 0 Å². The zero-order valence-corrected chi connectivity index (χ0v) is 8.22. The first-order valence-corrected chi connectivity index (χ1v) is 4.76. The summed E-state index contributed by atoms with van der Waals surface area (Å²) in [7, 11) is 0. The Morgan fingerprint density at radius 3 is 2.92 bits per heavy atom. The zero-order valence-electron chi connectivity index (χ0n) is 5.82. The zero-order chi connectivity index (χ0) is 8.55. The van der Waals surface area contributed by atoms with Crippen molar-refractivity contribution in [1.29, 1.82) is 0 Å². The van der Waals surface area contributed by atoms with E-state index in [1.165, 1.54) is 11.3 Å². The molecule has 0 spiro atoms. The van der Waals surface area contributed by atoms with E-state index in [9.17, 15) is 0 Å². The smallest absolute Gasteiger partial charge is 0.187 e. The Bertz CT molecular complexity index is 359. The summed E-state index contributed by atoms with van der Waals surface area (Å²) in [5.74, 6) is 0.620. The van der Waals surface area contributed by atoms with Gasteiger partial charge in [-0.15, -0.1) is 11.3 Å². The Hall–Kier alpha value is -0.880. The molecule has 6 heteroatoms. The molecule has 0 aliphatic carbocycles. The standard InChI is InChI=1S/C6H4BrN3OS/c7-5-1-4(11-10-5)3-2-12-6(8)9-3/h1-2H,(H2,8,9). The van der Waals surface area contributed by atoms with Crippen molar-refractivity contribution in [2.75, 3.05) is 5.73 Å². The maximum absolute atomic E-state index is 5.46. The third-order valence-corrected chi connectivity index (χ3v) is 2.30. The monoisotopic (exact) mass is 245 g/mol. The van der Waals surface area contributed by atoms with Gasteiger partial charge in [0.05, 0.1) is 0 Å². The molecular weight excluding hydrogens is 242 g/mol. The SMILES string of the molecule is Nc1nc(-c2cc(Br)no2)cs1. The van der Waals surface area contributed by atoms with Crippen molar-refractivity contribution in [1.82, 2.24) is 10.1 Å². The molecule has 12 heavy (non-hydrogen) atoms. The van der Waals surface area contributed by atoms with Gasteiger partial charge in [0.2, 0.25) is 0 Å². The summed E-state index contributed by atoms with van der Waals surface area (Å²) in [6.07, 6.45) is 0. The van der Waals surface area contributed by atoms with Crippen molar-refractivity contribution in [3.63, 3.8) is 0 Å². The molecule has 0 atom stereocenters. The van der Waals surface area contributed by atoms with Crippen LogP contribution in [0.15, 0.2) is 20.6 Å². The Balaban J connectivity index is 2.43. The first-order chi connectivity index (χ1) is 5.75. The summed E-state index contributed by atoms with van der Waals surface area (Å²) in [6, 6.07) is 1.74. The van der Waals surface area contributed by atoms with Crippen molar-refractivity contribution in [2.24, 2.45) is 0 Å². The summed E-state index contributed by atoms with van der Waals surface area (Å²) in [5, 5.41) is 6.01. The Morgan fingerprint density at radius 2 is 2.42 bits per heavy atom. The molecule has 0 saturated heterocycles. The molecular formula is C6H4BrN3OS. The van der Waals surface area contributed by atoms with Gasteiger partial charge in [-0.05, 0) is 15.9 Å². The van der Waals surface area contributed by atoms with Gasteiger partial charge in [0, 0.05) is 11.4 Å². The van der Waals surface area contributed by atoms with Gasteiger partial charge in [0.15, 0.2) is 10.9 Å². The molecule has 2 N–H and O–H groups in total. The van der Waals surface area contributed by atoms with Gasteiger partial charge < -0.3 is 10.3 Å². The third kappa shape index (κ3) is 1.35. The predicted octanol–water partition coefficient (Wildman–Crippen LogP) is 2.14. The number of nitrogens with zero attached hydrogens (tertiary/aromatic N) is 2. The molecule has 0 bridgehead atoms. The van der Waals surface area contributed by atoms with Crippen LogP contribution < -0.4 is 5.73 Å². The van der Waals surface area contributed by atoms with Crippen LogP contribution in [0.5, 0.6) is 0 Å². The second-order valence-electron chi connectivity index (χ2n) is 2.08. The molecule has 2 aromatic rings. The number of nitrogen functional groups attached to an aromatic ring is 1. The number of thiazole rings is 1. The number of hydrogen-bond donors (Lipinski definition) is 1. The molecule has 0 amide bonds. The number of rotatable bonds is 1. The average molecular weight is 246 g/mol. The summed E-state index contributed by atoms with van der Waals surface area (Å²) >= 11 is 4.55. The van der Waals surface area contributed by atoms with Crippen LogP contribution in [-0.2, 0) is 0 Å². The minimum Gasteiger partial charge on any atom is -0.375 e. The summed E-state index contributed by atoms with van der Waals surface area (Å²) in [5.41, 5.74) is 6.17. The lowest BCUT2D eigenvalue weighted by Crippen LogP contribution is -1.81. The van der Waals surface area contributed by atoms with Crippen LogP contribution in [0.25, 0.3) is 11.5 Å². The highest BCUT2D eigenvalue weighted by atomic mass is 79.9. The Morgan fingerprint density at radius 1 is 1.58 bits per heavy atom. The minimum absolute atomic E-state index is 0.525. The highest BCUT2D eigenvalue weighted by molar-refractivity contribution is 9.10. The lowest BCUT2D eigenvalue weighted by Gasteiger charge is -1.82. The largest absolute Gasteiger partial charge is 0.375 e. The van der Waals surface area contributed by atoms with Crippen LogP contribution in [0, 0.1) is 0 Å². The molecule has 2 rings (SSSR count). The average Bonchev–Trinajstić information content (AvgIpc) is 2.58. The summed E-state index contributed by atoms with van der Waals surface area (Å²) in [4.78, 5) is 4.04. The summed E-state index contributed by atoms with van der Waals surface area (Å²) in [6.45, 7) is 0. The fraction of sp³-hybridized carbons (Fsp3) is 0. The molecule has 0 fully saturated rings. The molecule has 0 unspecified atom stereocenters. The van der Waals surface area contributed by atoms with Gasteiger partial charge in [-0.3, -0.25) is 0 Å². The number of aromatic nitrogens is 2. The Labute approximate surface area is 80.5 Å². The number of hydrogen-bond acceptors (Lipinski definition) is 5. The predicted molar refractivity (Wildman–Crippen MR) is 49.7 cm³/mol. The second kappa shape index (κ2) is 2.87. The fourth-order valence-corrected chi connectivity index (χ4v) is 1.61. The van der Waals surface area contributed by atoms with Crippen LogP contribution in [-0.4, -0.2) is 10.1 Å². The van der Waals surface area contributed by atoms with E-state index in [1.54, 1.807) is 6.07 Å². The highest BCUT2D eigenvalue weighted by Crippen LogP contribution is 2.24. The topological polar surface area (TPSA) is 64.9 Å². The maximum atomic E-state index is 5.46. The van der Waals surface area contributed by atoms with E-state index in [-0.39, 0.29) is 0 Å². The highest BCUT2D eigenvalue weighted by Gasteiger charge is 2.07. The van der Waals surface area contributed by atoms with Gasteiger partial charge in [-0.1, -0.05) is 5.16 Å². The van der Waals surface area contributed by atoms with Gasteiger partial charge in [0.25, 0.3) is 0 Å². The first-order valence-electron chi connectivity index (χ1n) is 3.09. The van der Waals surface area contributed by atoms with Crippen LogP contribution >= 0.6 is 27.3 Å². The van der Waals surface area contributed by atoms with E-state index in [0.29, 0.717) is 15.5 Å². The van der Waals surface area contributed by atoms with Crippen LogP contribution in [0.2, 0.25) is 0 Å². The first kappa shape index (κ1) is 7.75. The molecule has 2 aromatic heterocycles. The lowest BCUT2D eigenvalue weighted by molar-refractivity contribution is 0.427. The van der Waals surface area contributed by atoms with Gasteiger partial charge in [-0.25, -0.2) is 4.98 Å². The van der Waals surface area contributed by atoms with Crippen molar-refractivity contribution in [3.05, 3.63) is 16.0 Å². The maximum Gasteiger partial charge on any atom is 0.187 e. The molecule has 4 nitrogen and oxygen atoms in total. The minimum atomic E-state index is 0.525. The Kier molecular flexibility index (Phi) is 1.86. The number of anilines is 1. The third-order valence-electron chi connectivity index (χ3n) is 1.26. The van der Waals surface area contributed by atoms with E-state index in [4.69, 9.17) is 10.3 Å². The van der Waals surface area contributed by atoms with Gasteiger partial charge >= 0.3 is 0 Å². The lowest BCUT2D eigenvalue weighted by atomic mass is 10.4. The summed E-state index contributed by atoms with van der Waals surface area (Å²) < 4.78 is 5.61.